The van der Waals surface area contributed by atoms with E-state index < -0.39 is 0 Å². The van der Waals surface area contributed by atoms with Crippen LogP contribution in [0.5, 0.6) is 23.0 Å². The van der Waals surface area contributed by atoms with E-state index in [-0.39, 0.29) is 11.5 Å². The molecule has 4 bridgehead atoms. The fourth-order valence-electron chi connectivity index (χ4n) is 5.74. The smallest absolute Gasteiger partial charge is 0.128 e. The van der Waals surface area contributed by atoms with E-state index in [1.807, 2.05) is 111 Å². The number of fused-ring (bicyclic) bond motifs is 7. The van der Waals surface area contributed by atoms with Crippen molar-refractivity contribution in [3.05, 3.63) is 142 Å². The number of aliphatic imine (C=N–C) groups is 2. The van der Waals surface area contributed by atoms with Crippen LogP contribution >= 0.6 is 0 Å². The third-order valence-electron chi connectivity index (χ3n) is 8.10. The molecule has 244 valence electrons. The lowest BCUT2D eigenvalue weighted by Crippen LogP contribution is -2.16. The molecule has 4 N–H and O–H groups in total. The van der Waals surface area contributed by atoms with E-state index >= 15 is 0 Å². The molecule has 0 aliphatic carbocycles. The molecule has 5 aromatic carbocycles. The minimum absolute atomic E-state index is 0.173. The van der Waals surface area contributed by atoms with Crippen molar-refractivity contribution in [2.45, 2.75) is 40.0 Å². The first-order valence-electron chi connectivity index (χ1n) is 16.1. The number of aryl methyl sites for hydroxylation is 2. The quantitative estimate of drug-likeness (QED) is 0.139. The summed E-state index contributed by atoms with van der Waals surface area (Å²) in [5.74, 6) is 1.91. The van der Waals surface area contributed by atoms with E-state index in [9.17, 15) is 10.2 Å². The highest BCUT2D eigenvalue weighted by molar-refractivity contribution is 5.90. The van der Waals surface area contributed by atoms with Gasteiger partial charge in [-0.2, -0.15) is 0 Å². The highest BCUT2D eigenvalue weighted by atomic mass is 16.5. The third kappa shape index (κ3) is 8.09. The highest BCUT2D eigenvalue weighted by Crippen LogP contribution is 2.31. The lowest BCUT2D eigenvalue weighted by atomic mass is 10.0. The molecule has 8 heteroatoms. The normalized spacial score (nSPS) is 14.1. The predicted octanol–water partition coefficient (Wildman–Crippen LogP) is 7.57. The van der Waals surface area contributed by atoms with Crippen molar-refractivity contribution in [1.82, 2.24) is 10.6 Å². The Hall–Kier alpha value is -5.44. The van der Waals surface area contributed by atoms with Gasteiger partial charge in [-0.3, -0.25) is 9.98 Å². The molecule has 0 saturated heterocycles. The number of ether oxygens (including phenoxy) is 2. The van der Waals surface area contributed by atoms with Crippen LogP contribution in [0.25, 0.3) is 0 Å². The number of phenols is 2. The molecule has 48 heavy (non-hydrogen) atoms. The molecule has 8 nitrogen and oxygen atoms in total. The predicted molar refractivity (Wildman–Crippen MR) is 192 cm³/mol. The number of rotatable bonds is 0. The van der Waals surface area contributed by atoms with Crippen molar-refractivity contribution in [3.63, 3.8) is 0 Å². The number of phenolic OH excluding ortho intramolecular Hbond substituents is 2. The number of benzene rings is 5. The summed E-state index contributed by atoms with van der Waals surface area (Å²) in [6.45, 7) is 6.79. The summed E-state index contributed by atoms with van der Waals surface area (Å²) >= 11 is 0. The lowest BCUT2D eigenvalue weighted by molar-refractivity contribution is 0.214. The monoisotopic (exact) mass is 640 g/mol. The minimum atomic E-state index is 0.173. The van der Waals surface area contributed by atoms with Crippen molar-refractivity contribution in [2.75, 3.05) is 13.2 Å². The summed E-state index contributed by atoms with van der Waals surface area (Å²) in [6, 6.07) is 31.2. The summed E-state index contributed by atoms with van der Waals surface area (Å²) in [5.41, 5.74) is 8.10. The van der Waals surface area contributed by atoms with Crippen LogP contribution in [-0.2, 0) is 26.2 Å². The molecule has 0 amide bonds. The SMILES string of the molecule is Cc1cc2c(O)c(c1)CNCc1ccccc1OCCOc1ccccc1CNCc1cc(C)cc(c1O)C=Nc1ccccc1N=C2. The van der Waals surface area contributed by atoms with Gasteiger partial charge in [0.05, 0.1) is 11.4 Å². The highest BCUT2D eigenvalue weighted by Gasteiger charge is 2.12. The summed E-state index contributed by atoms with van der Waals surface area (Å²) in [6.07, 6.45) is 3.34. The Balaban J connectivity index is 1.32. The van der Waals surface area contributed by atoms with Gasteiger partial charge in [0.25, 0.3) is 0 Å². The van der Waals surface area contributed by atoms with Crippen LogP contribution in [0.4, 0.5) is 11.4 Å². The second-order valence-electron chi connectivity index (χ2n) is 11.8. The average molecular weight is 641 g/mol. The van der Waals surface area contributed by atoms with Crippen LogP contribution in [-0.4, -0.2) is 35.9 Å². The van der Waals surface area contributed by atoms with Gasteiger partial charge in [0.15, 0.2) is 0 Å². The molecular formula is C40H40N4O4. The summed E-state index contributed by atoms with van der Waals surface area (Å²) in [5, 5.41) is 29.3. The molecule has 1 heterocycles. The fraction of sp³-hybridized carbons (Fsp3) is 0.200. The van der Waals surface area contributed by atoms with Crippen LogP contribution in [0.15, 0.2) is 107 Å². The van der Waals surface area contributed by atoms with Crippen LogP contribution in [0, 0.1) is 13.8 Å². The molecule has 0 saturated carbocycles. The Kier molecular flexibility index (Phi) is 10.4. The standard InChI is InChI=1S/C40H40N4O4/c1-27-17-31-23-41-21-29-9-3-7-13-37(29)47-15-16-48-38-14-8-4-10-30(38)22-42-24-32-18-28(2)20-34(40(32)46)26-44-36-12-6-5-11-35(36)43-25-33(19-27)39(31)45/h3-14,17-20,25-26,41-42,45-46H,15-16,21-24H2,1-2H3. The number of nitrogens with zero attached hydrogens (tertiary/aromatic N) is 2. The van der Waals surface area contributed by atoms with E-state index in [2.05, 4.69) is 10.6 Å². The van der Waals surface area contributed by atoms with Gasteiger partial charge in [-0.25, -0.2) is 0 Å². The molecule has 1 aliphatic rings. The van der Waals surface area contributed by atoms with Crippen molar-refractivity contribution in [1.29, 1.82) is 0 Å². The van der Waals surface area contributed by atoms with Crippen molar-refractivity contribution >= 4 is 23.8 Å². The van der Waals surface area contributed by atoms with Gasteiger partial charge in [-0.05, 0) is 61.4 Å². The Labute approximate surface area is 281 Å². The Bertz CT molecular complexity index is 1810. The molecule has 0 atom stereocenters. The van der Waals surface area contributed by atoms with E-state index in [1.54, 1.807) is 12.4 Å². The second kappa shape index (κ2) is 15.4. The Morgan fingerprint density at radius 3 is 1.38 bits per heavy atom. The zero-order valence-electron chi connectivity index (χ0n) is 27.2. The number of para-hydroxylation sites is 4. The van der Waals surface area contributed by atoms with Gasteiger partial charge < -0.3 is 30.3 Å². The maximum Gasteiger partial charge on any atom is 0.128 e. The van der Waals surface area contributed by atoms with E-state index in [4.69, 9.17) is 19.5 Å². The largest absolute Gasteiger partial charge is 0.507 e. The first-order valence-corrected chi connectivity index (χ1v) is 16.1. The van der Waals surface area contributed by atoms with Crippen molar-refractivity contribution in [2.24, 2.45) is 9.98 Å². The summed E-state index contributed by atoms with van der Waals surface area (Å²) < 4.78 is 12.3. The van der Waals surface area contributed by atoms with Crippen LogP contribution in [0.3, 0.4) is 0 Å². The number of hydrogen-bond acceptors (Lipinski definition) is 8. The average Bonchev–Trinajstić information content (AvgIpc) is 3.09. The van der Waals surface area contributed by atoms with Gasteiger partial charge in [0, 0.05) is 72.0 Å². The lowest BCUT2D eigenvalue weighted by Gasteiger charge is -2.15. The maximum atomic E-state index is 11.2. The zero-order valence-corrected chi connectivity index (χ0v) is 27.2. The van der Waals surface area contributed by atoms with Gasteiger partial charge in [0.1, 0.15) is 36.2 Å². The van der Waals surface area contributed by atoms with Crippen LogP contribution in [0.1, 0.15) is 44.5 Å². The second-order valence-corrected chi connectivity index (χ2v) is 11.8. The molecule has 0 spiro atoms. The van der Waals surface area contributed by atoms with E-state index in [1.165, 1.54) is 0 Å². The topological polar surface area (TPSA) is 108 Å². The fourth-order valence-corrected chi connectivity index (χ4v) is 5.74. The van der Waals surface area contributed by atoms with Gasteiger partial charge in [-0.15, -0.1) is 0 Å². The molecule has 1 aliphatic heterocycles. The van der Waals surface area contributed by atoms with Gasteiger partial charge in [-0.1, -0.05) is 60.7 Å². The first kappa shape index (κ1) is 32.5. The molecule has 0 radical (unpaired) electrons. The molecule has 0 aromatic heterocycles. The van der Waals surface area contributed by atoms with E-state index in [0.717, 1.165) is 44.9 Å². The van der Waals surface area contributed by atoms with Crippen molar-refractivity contribution in [3.8, 4) is 23.0 Å². The molecular weight excluding hydrogens is 600 g/mol. The van der Waals surface area contributed by atoms with Crippen LogP contribution in [0.2, 0.25) is 0 Å². The summed E-state index contributed by atoms with van der Waals surface area (Å²) in [7, 11) is 0. The number of aromatic hydroxyl groups is 2. The van der Waals surface area contributed by atoms with Gasteiger partial charge >= 0.3 is 0 Å². The van der Waals surface area contributed by atoms with Crippen LogP contribution < -0.4 is 20.1 Å². The Morgan fingerprint density at radius 2 is 0.917 bits per heavy atom. The molecule has 6 rings (SSSR count). The molecule has 0 fully saturated rings. The maximum absolute atomic E-state index is 11.2. The summed E-state index contributed by atoms with van der Waals surface area (Å²) in [4.78, 5) is 9.43. The number of nitrogens with one attached hydrogen (secondary N) is 2. The minimum Gasteiger partial charge on any atom is -0.507 e. The first-order chi connectivity index (χ1) is 23.4. The van der Waals surface area contributed by atoms with E-state index in [0.29, 0.717) is 61.9 Å². The zero-order chi connectivity index (χ0) is 33.3. The third-order valence-corrected chi connectivity index (χ3v) is 8.10. The molecule has 5 aromatic rings. The van der Waals surface area contributed by atoms with Gasteiger partial charge in [0.2, 0.25) is 0 Å². The Morgan fingerprint density at radius 1 is 0.521 bits per heavy atom. The number of hydrogen-bond donors (Lipinski definition) is 4. The van der Waals surface area contributed by atoms with Crippen molar-refractivity contribution < 1.29 is 19.7 Å². The molecule has 0 unspecified atom stereocenters.